The Hall–Kier alpha value is -7.02. The molecule has 0 aliphatic heterocycles. The first-order valence-corrected chi connectivity index (χ1v) is 19.7. The molecule has 262 valence electrons. The summed E-state index contributed by atoms with van der Waals surface area (Å²) in [5.74, 6) is 0.150. The van der Waals surface area contributed by atoms with Gasteiger partial charge in [-0.15, -0.1) is 0 Å². The van der Waals surface area contributed by atoms with Gasteiger partial charge in [-0.1, -0.05) is 200 Å². The second-order valence-corrected chi connectivity index (χ2v) is 15.2. The van der Waals surface area contributed by atoms with E-state index in [2.05, 4.69) is 218 Å². The molecule has 2 aliphatic carbocycles. The molecule has 9 aromatic carbocycles. The average molecular weight is 711 g/mol. The molecule has 0 bridgehead atoms. The zero-order chi connectivity index (χ0) is 37.0. The van der Waals surface area contributed by atoms with Gasteiger partial charge in [-0.05, 0) is 118 Å². The van der Waals surface area contributed by atoms with Crippen molar-refractivity contribution in [2.45, 2.75) is 11.8 Å². The second kappa shape index (κ2) is 13.4. The molecule has 0 N–H and O–H groups in total. The van der Waals surface area contributed by atoms with Gasteiger partial charge < -0.3 is 0 Å². The van der Waals surface area contributed by atoms with Crippen molar-refractivity contribution in [3.8, 4) is 66.8 Å². The minimum Gasteiger partial charge on any atom is -0.0622 e. The van der Waals surface area contributed by atoms with Crippen molar-refractivity contribution < 1.29 is 0 Å². The number of benzene rings is 9. The van der Waals surface area contributed by atoms with Crippen LogP contribution in [-0.2, 0) is 0 Å². The second-order valence-electron chi connectivity index (χ2n) is 15.2. The highest BCUT2D eigenvalue weighted by Crippen LogP contribution is 2.59. The standard InChI is InChI=1S/C56H38/c1-6-16-37(17-7-1)42-26-28-47-51(35-42)49-30-31-50-52-36-43(38-18-8-2-9-19-38)27-29-48(52)54(56(50)55(49)53(47)41-24-14-5-15-25-41)46-33-44(39-20-10-3-11-21-39)32-45(34-46)40-22-12-4-13-23-40/h1-36,53-54H. The number of hydrogen-bond acceptors (Lipinski definition) is 0. The first-order chi connectivity index (χ1) is 27.8. The van der Waals surface area contributed by atoms with E-state index < -0.39 is 0 Å². The van der Waals surface area contributed by atoms with E-state index in [1.807, 2.05) is 0 Å². The smallest absolute Gasteiger partial charge is 0.0356 e. The van der Waals surface area contributed by atoms with E-state index in [9.17, 15) is 0 Å². The topological polar surface area (TPSA) is 0 Å². The van der Waals surface area contributed by atoms with Gasteiger partial charge in [-0.2, -0.15) is 0 Å². The van der Waals surface area contributed by atoms with Crippen molar-refractivity contribution in [3.05, 3.63) is 252 Å². The number of hydrogen-bond donors (Lipinski definition) is 0. The maximum absolute atomic E-state index is 2.46. The third-order valence-electron chi connectivity index (χ3n) is 12.0. The molecular weight excluding hydrogens is 673 g/mol. The van der Waals surface area contributed by atoms with Gasteiger partial charge in [-0.25, -0.2) is 0 Å². The first kappa shape index (κ1) is 32.4. The Bertz CT molecular complexity index is 2820. The van der Waals surface area contributed by atoms with Crippen molar-refractivity contribution in [2.24, 2.45) is 0 Å². The van der Waals surface area contributed by atoms with Crippen LogP contribution in [0.4, 0.5) is 0 Å². The van der Waals surface area contributed by atoms with Crippen LogP contribution in [0.3, 0.4) is 0 Å². The van der Waals surface area contributed by atoms with E-state index in [0.717, 1.165) is 0 Å². The van der Waals surface area contributed by atoms with E-state index in [0.29, 0.717) is 0 Å². The van der Waals surface area contributed by atoms with E-state index in [1.54, 1.807) is 0 Å². The third kappa shape index (κ3) is 5.37. The Labute approximate surface area is 329 Å². The van der Waals surface area contributed by atoms with Crippen LogP contribution in [0.25, 0.3) is 66.8 Å². The van der Waals surface area contributed by atoms with Crippen LogP contribution in [0.1, 0.15) is 45.2 Å². The Balaban J connectivity index is 1.20. The summed E-state index contributed by atoms with van der Waals surface area (Å²) in [7, 11) is 0. The van der Waals surface area contributed by atoms with Gasteiger partial charge >= 0.3 is 0 Å². The average Bonchev–Trinajstić information content (AvgIpc) is 3.80. The monoisotopic (exact) mass is 710 g/mol. The molecule has 0 spiro atoms. The predicted molar refractivity (Wildman–Crippen MR) is 234 cm³/mol. The quantitative estimate of drug-likeness (QED) is 0.161. The summed E-state index contributed by atoms with van der Waals surface area (Å²) in [5, 5.41) is 0. The minimum absolute atomic E-state index is 0.0417. The third-order valence-corrected chi connectivity index (χ3v) is 12.0. The summed E-state index contributed by atoms with van der Waals surface area (Å²) in [4.78, 5) is 0. The fraction of sp³-hybridized carbons (Fsp3) is 0.0357. The molecule has 0 heterocycles. The molecule has 0 saturated carbocycles. The van der Waals surface area contributed by atoms with Gasteiger partial charge in [0.2, 0.25) is 0 Å². The molecule has 2 atom stereocenters. The van der Waals surface area contributed by atoms with Gasteiger partial charge in [0.05, 0.1) is 0 Å². The van der Waals surface area contributed by atoms with Gasteiger partial charge in [0.1, 0.15) is 0 Å². The molecule has 0 radical (unpaired) electrons. The van der Waals surface area contributed by atoms with Crippen LogP contribution in [0.5, 0.6) is 0 Å². The first-order valence-electron chi connectivity index (χ1n) is 19.7. The summed E-state index contributed by atoms with van der Waals surface area (Å²) >= 11 is 0. The van der Waals surface area contributed by atoms with Crippen molar-refractivity contribution in [1.82, 2.24) is 0 Å². The molecule has 0 heteroatoms. The Kier molecular flexibility index (Phi) is 7.74. The van der Waals surface area contributed by atoms with Gasteiger partial charge in [0.25, 0.3) is 0 Å². The summed E-state index contributed by atoms with van der Waals surface area (Å²) < 4.78 is 0. The van der Waals surface area contributed by atoms with Gasteiger partial charge in [0.15, 0.2) is 0 Å². The van der Waals surface area contributed by atoms with Crippen LogP contribution < -0.4 is 0 Å². The Morgan fingerprint density at radius 1 is 0.214 bits per heavy atom. The van der Waals surface area contributed by atoms with E-state index in [1.165, 1.54) is 100 Å². The molecule has 9 aromatic rings. The minimum atomic E-state index is 0.0417. The number of rotatable bonds is 6. The Morgan fingerprint density at radius 2 is 0.571 bits per heavy atom. The molecular formula is C56H38. The molecule has 2 unspecified atom stereocenters. The van der Waals surface area contributed by atoms with E-state index >= 15 is 0 Å². The summed E-state index contributed by atoms with van der Waals surface area (Å²) in [6.45, 7) is 0. The molecule has 0 saturated heterocycles. The highest BCUT2D eigenvalue weighted by molar-refractivity contribution is 5.94. The van der Waals surface area contributed by atoms with Crippen LogP contribution in [0.2, 0.25) is 0 Å². The molecule has 2 aliphatic rings. The highest BCUT2D eigenvalue weighted by Gasteiger charge is 2.40. The van der Waals surface area contributed by atoms with E-state index in [4.69, 9.17) is 0 Å². The largest absolute Gasteiger partial charge is 0.0622 e. The van der Waals surface area contributed by atoms with E-state index in [-0.39, 0.29) is 11.8 Å². The van der Waals surface area contributed by atoms with Crippen molar-refractivity contribution >= 4 is 0 Å². The van der Waals surface area contributed by atoms with Gasteiger partial charge in [0, 0.05) is 11.8 Å². The van der Waals surface area contributed by atoms with Crippen LogP contribution in [0, 0.1) is 0 Å². The van der Waals surface area contributed by atoms with Crippen molar-refractivity contribution in [2.75, 3.05) is 0 Å². The summed E-state index contributed by atoms with van der Waals surface area (Å²) in [6, 6.07) is 81.0. The van der Waals surface area contributed by atoms with Crippen molar-refractivity contribution in [3.63, 3.8) is 0 Å². The molecule has 0 nitrogen and oxygen atoms in total. The maximum Gasteiger partial charge on any atom is 0.0356 e. The molecule has 11 rings (SSSR count). The van der Waals surface area contributed by atoms with Crippen LogP contribution in [-0.4, -0.2) is 0 Å². The van der Waals surface area contributed by atoms with Crippen LogP contribution in [0.15, 0.2) is 218 Å². The zero-order valence-corrected chi connectivity index (χ0v) is 30.9. The Morgan fingerprint density at radius 3 is 0.982 bits per heavy atom. The normalized spacial score (nSPS) is 14.8. The lowest BCUT2D eigenvalue weighted by atomic mass is 9.79. The maximum atomic E-state index is 2.46. The molecule has 56 heavy (non-hydrogen) atoms. The predicted octanol–water partition coefficient (Wildman–Crippen LogP) is 14.7. The zero-order valence-electron chi connectivity index (χ0n) is 30.9. The lowest BCUT2D eigenvalue weighted by molar-refractivity contribution is 0.938. The summed E-state index contributed by atoms with van der Waals surface area (Å²) in [6.07, 6.45) is 0. The molecule has 0 aromatic heterocycles. The van der Waals surface area contributed by atoms with Crippen LogP contribution >= 0.6 is 0 Å². The lowest BCUT2D eigenvalue weighted by Gasteiger charge is -2.23. The fourth-order valence-corrected chi connectivity index (χ4v) is 9.49. The highest BCUT2D eigenvalue weighted by atomic mass is 14.4. The lowest BCUT2D eigenvalue weighted by Crippen LogP contribution is -2.08. The molecule has 0 fully saturated rings. The summed E-state index contributed by atoms with van der Waals surface area (Å²) in [5.41, 5.74) is 23.5. The number of fused-ring (bicyclic) bond motifs is 7. The van der Waals surface area contributed by atoms with Gasteiger partial charge in [-0.3, -0.25) is 0 Å². The molecule has 0 amide bonds. The fourth-order valence-electron chi connectivity index (χ4n) is 9.49. The van der Waals surface area contributed by atoms with Crippen molar-refractivity contribution in [1.29, 1.82) is 0 Å². The SMILES string of the molecule is c1ccc(-c2cc(-c3ccccc3)cc(C3c4ccc(-c5ccccc5)cc4-c4ccc5c(c43)C(c3ccccc3)c3ccc(-c4ccccc4)cc3-5)c2)cc1.